The van der Waals surface area contributed by atoms with Crippen LogP contribution < -0.4 is 15.1 Å². The number of benzene rings is 3. The minimum absolute atomic E-state index is 0.255. The van der Waals surface area contributed by atoms with Crippen molar-refractivity contribution in [3.05, 3.63) is 92.4 Å². The average Bonchev–Trinajstić information content (AvgIpc) is 2.74. The highest BCUT2D eigenvalue weighted by Gasteiger charge is 2.06. The number of ether oxygens (including phenoxy) is 1. The van der Waals surface area contributed by atoms with E-state index in [1.165, 1.54) is 0 Å². The number of nitrogens with zero attached hydrogens (tertiary/aromatic N) is 2. The van der Waals surface area contributed by atoms with Crippen LogP contribution in [0.1, 0.15) is 21.5 Å². The van der Waals surface area contributed by atoms with Crippen LogP contribution in [0, 0.1) is 0 Å². The molecule has 154 valence electrons. The van der Waals surface area contributed by atoms with Gasteiger partial charge in [0.05, 0.1) is 6.21 Å². The van der Waals surface area contributed by atoms with Crippen LogP contribution in [-0.2, 0) is 6.61 Å². The topological polar surface area (TPSA) is 53.9 Å². The molecule has 3 rings (SSSR count). The van der Waals surface area contributed by atoms with Crippen molar-refractivity contribution in [2.45, 2.75) is 6.61 Å². The van der Waals surface area contributed by atoms with E-state index < -0.39 is 0 Å². The molecule has 7 heteroatoms. The van der Waals surface area contributed by atoms with Crippen LogP contribution in [0.3, 0.4) is 0 Å². The van der Waals surface area contributed by atoms with Gasteiger partial charge in [0.25, 0.3) is 5.91 Å². The largest absolute Gasteiger partial charge is 0.489 e. The van der Waals surface area contributed by atoms with Gasteiger partial charge in [0.15, 0.2) is 0 Å². The molecule has 0 heterocycles. The Labute approximate surface area is 193 Å². The van der Waals surface area contributed by atoms with Crippen molar-refractivity contribution in [1.29, 1.82) is 0 Å². The summed E-state index contributed by atoms with van der Waals surface area (Å²) in [7, 11) is 3.86. The predicted molar refractivity (Wildman–Crippen MR) is 128 cm³/mol. The maximum absolute atomic E-state index is 12.3. The second-order valence-corrected chi connectivity index (χ2v) is 8.51. The molecular weight excluding hydrogens is 510 g/mol. The third-order valence-corrected chi connectivity index (χ3v) is 5.53. The molecule has 1 N–H and O–H groups in total. The van der Waals surface area contributed by atoms with Gasteiger partial charge >= 0.3 is 0 Å². The first-order chi connectivity index (χ1) is 14.4. The lowest BCUT2D eigenvalue weighted by Crippen LogP contribution is -2.18. The summed E-state index contributed by atoms with van der Waals surface area (Å²) in [6, 6.07) is 20.9. The molecule has 0 aromatic heterocycles. The molecule has 0 atom stereocenters. The summed E-state index contributed by atoms with van der Waals surface area (Å²) in [5.41, 5.74) is 5.99. The Balaban J connectivity index is 1.54. The number of hydrogen-bond donors (Lipinski definition) is 1. The highest BCUT2D eigenvalue weighted by molar-refractivity contribution is 9.11. The van der Waals surface area contributed by atoms with Gasteiger partial charge < -0.3 is 9.64 Å². The van der Waals surface area contributed by atoms with Crippen LogP contribution in [0.5, 0.6) is 5.75 Å². The first-order valence-corrected chi connectivity index (χ1v) is 10.8. The summed E-state index contributed by atoms with van der Waals surface area (Å²) in [6.07, 6.45) is 1.60. The van der Waals surface area contributed by atoms with E-state index in [2.05, 4.69) is 42.4 Å². The molecular formula is C23H21Br2N3O2. The van der Waals surface area contributed by atoms with Gasteiger partial charge in [0.1, 0.15) is 12.4 Å². The fraction of sp³-hybridized carbons (Fsp3) is 0.130. The summed E-state index contributed by atoms with van der Waals surface area (Å²) >= 11 is 6.98. The Morgan fingerprint density at radius 2 is 1.83 bits per heavy atom. The van der Waals surface area contributed by atoms with Crippen molar-refractivity contribution in [2.75, 3.05) is 19.0 Å². The summed E-state index contributed by atoms with van der Waals surface area (Å²) < 4.78 is 7.84. The van der Waals surface area contributed by atoms with Crippen LogP contribution in [0.25, 0.3) is 0 Å². The van der Waals surface area contributed by atoms with E-state index in [1.54, 1.807) is 12.3 Å². The van der Waals surface area contributed by atoms with Gasteiger partial charge in [0, 0.05) is 39.9 Å². The molecule has 0 spiro atoms. The van der Waals surface area contributed by atoms with Gasteiger partial charge in [-0.15, -0.1) is 0 Å². The Kier molecular flexibility index (Phi) is 7.65. The van der Waals surface area contributed by atoms with Crippen LogP contribution >= 0.6 is 31.9 Å². The number of rotatable bonds is 7. The number of carbonyl (C=O) groups excluding carboxylic acids is 1. The Hall–Kier alpha value is -2.64. The van der Waals surface area contributed by atoms with Gasteiger partial charge in [0.2, 0.25) is 0 Å². The lowest BCUT2D eigenvalue weighted by Gasteiger charge is -2.12. The third kappa shape index (κ3) is 6.18. The smallest absolute Gasteiger partial charge is 0.271 e. The molecule has 0 unspecified atom stereocenters. The summed E-state index contributed by atoms with van der Waals surface area (Å²) in [5.74, 6) is 0.501. The lowest BCUT2D eigenvalue weighted by molar-refractivity contribution is 0.0955. The first kappa shape index (κ1) is 22.1. The van der Waals surface area contributed by atoms with E-state index in [9.17, 15) is 4.79 Å². The molecule has 0 saturated heterocycles. The monoisotopic (exact) mass is 529 g/mol. The zero-order valence-electron chi connectivity index (χ0n) is 16.6. The lowest BCUT2D eigenvalue weighted by atomic mass is 10.2. The van der Waals surface area contributed by atoms with Crippen molar-refractivity contribution >= 4 is 49.7 Å². The van der Waals surface area contributed by atoms with Crippen molar-refractivity contribution in [2.24, 2.45) is 5.10 Å². The summed E-state index contributed by atoms with van der Waals surface area (Å²) in [4.78, 5) is 14.2. The molecule has 0 aliphatic carbocycles. The molecule has 30 heavy (non-hydrogen) atoms. The first-order valence-electron chi connectivity index (χ1n) is 9.20. The molecule has 5 nitrogen and oxygen atoms in total. The molecule has 3 aromatic carbocycles. The Bertz CT molecular complexity index is 1050. The number of carbonyl (C=O) groups is 1. The molecule has 0 fully saturated rings. The van der Waals surface area contributed by atoms with Gasteiger partial charge in [-0.2, -0.15) is 5.10 Å². The maximum Gasteiger partial charge on any atom is 0.271 e. The zero-order valence-corrected chi connectivity index (χ0v) is 19.8. The Morgan fingerprint density at radius 1 is 1.07 bits per heavy atom. The highest BCUT2D eigenvalue weighted by Crippen LogP contribution is 2.23. The predicted octanol–water partition coefficient (Wildman–Crippen LogP) is 5.62. The number of hydrazone groups is 1. The minimum atomic E-state index is -0.255. The molecule has 0 saturated carbocycles. The number of hydrogen-bond acceptors (Lipinski definition) is 4. The standard InChI is InChI=1S/C23H21Br2N3O2/c1-28(2)20-5-3-4-17(12-20)23(29)27-26-14-16-6-10-21(11-7-16)30-15-18-8-9-19(24)13-22(18)25/h3-14H,15H2,1-2H3,(H,27,29)/b26-14-. The van der Waals surface area contributed by atoms with E-state index in [0.717, 1.165) is 31.5 Å². The average molecular weight is 531 g/mol. The normalized spacial score (nSPS) is 10.8. The van der Waals surface area contributed by atoms with Gasteiger partial charge in [-0.1, -0.05) is 44.0 Å². The SMILES string of the molecule is CN(C)c1cccc(C(=O)N/N=C\c2ccc(OCc3ccc(Br)cc3Br)cc2)c1. The fourth-order valence-electron chi connectivity index (χ4n) is 2.61. The molecule has 3 aromatic rings. The molecule has 1 amide bonds. The number of nitrogens with one attached hydrogen (secondary N) is 1. The van der Waals surface area contributed by atoms with Crippen molar-refractivity contribution < 1.29 is 9.53 Å². The minimum Gasteiger partial charge on any atom is -0.489 e. The van der Waals surface area contributed by atoms with Crippen molar-refractivity contribution in [3.8, 4) is 5.75 Å². The third-order valence-electron chi connectivity index (χ3n) is 4.29. The van der Waals surface area contributed by atoms with Crippen molar-refractivity contribution in [1.82, 2.24) is 5.43 Å². The fourth-order valence-corrected chi connectivity index (χ4v) is 3.77. The Morgan fingerprint density at radius 3 is 2.53 bits per heavy atom. The maximum atomic E-state index is 12.3. The number of anilines is 1. The van der Waals surface area contributed by atoms with Crippen LogP contribution in [0.4, 0.5) is 5.69 Å². The molecule has 0 aliphatic rings. The summed E-state index contributed by atoms with van der Waals surface area (Å²) in [6.45, 7) is 0.462. The van der Waals surface area contributed by atoms with E-state index in [1.807, 2.05) is 79.7 Å². The van der Waals surface area contributed by atoms with Gasteiger partial charge in [-0.3, -0.25) is 4.79 Å². The van der Waals surface area contributed by atoms with E-state index >= 15 is 0 Å². The van der Waals surface area contributed by atoms with Crippen LogP contribution in [0.2, 0.25) is 0 Å². The van der Waals surface area contributed by atoms with Gasteiger partial charge in [-0.05, 0) is 60.2 Å². The van der Waals surface area contributed by atoms with Crippen LogP contribution in [0.15, 0.2) is 80.8 Å². The number of amides is 1. The molecule has 0 bridgehead atoms. The van der Waals surface area contributed by atoms with E-state index in [4.69, 9.17) is 4.74 Å². The quantitative estimate of drug-likeness (QED) is 0.318. The van der Waals surface area contributed by atoms with Crippen LogP contribution in [-0.4, -0.2) is 26.2 Å². The van der Waals surface area contributed by atoms with E-state index in [0.29, 0.717) is 12.2 Å². The van der Waals surface area contributed by atoms with E-state index in [-0.39, 0.29) is 5.91 Å². The van der Waals surface area contributed by atoms with Crippen molar-refractivity contribution in [3.63, 3.8) is 0 Å². The summed E-state index contributed by atoms with van der Waals surface area (Å²) in [5, 5.41) is 4.05. The zero-order chi connectivity index (χ0) is 21.5. The second kappa shape index (κ2) is 10.4. The highest BCUT2D eigenvalue weighted by atomic mass is 79.9. The second-order valence-electron chi connectivity index (χ2n) is 6.74. The molecule has 0 radical (unpaired) electrons. The number of halogens is 2. The van der Waals surface area contributed by atoms with Gasteiger partial charge in [-0.25, -0.2) is 5.43 Å². The molecule has 0 aliphatic heterocycles.